The molecule has 0 saturated heterocycles. The molecule has 0 aliphatic heterocycles. The van der Waals surface area contributed by atoms with E-state index in [0.717, 1.165) is 9.15 Å². The van der Waals surface area contributed by atoms with Crippen LogP contribution in [0, 0.1) is 0 Å². The minimum absolute atomic E-state index is 0.651. The maximum absolute atomic E-state index is 5.35. The molecule has 0 unspecified atom stereocenters. The average Bonchev–Trinajstić information content (AvgIpc) is 2.26. The monoisotopic (exact) mass is 299 g/mol. The zero-order valence-corrected chi connectivity index (χ0v) is 9.68. The van der Waals surface area contributed by atoms with Crippen molar-refractivity contribution in [3.8, 4) is 0 Å². The first-order chi connectivity index (χ1) is 6.79. The topological polar surface area (TPSA) is 51.8 Å². The second kappa shape index (κ2) is 5.54. The molecule has 3 nitrogen and oxygen atoms in total. The van der Waals surface area contributed by atoms with Gasteiger partial charge in [0.15, 0.2) is 5.82 Å². The molecule has 0 amide bonds. The van der Waals surface area contributed by atoms with E-state index in [1.165, 1.54) is 6.20 Å². The lowest BCUT2D eigenvalue weighted by Gasteiger charge is -2.01. The Hall–Kier alpha value is -1.17. The van der Waals surface area contributed by atoms with Crippen LogP contribution in [0.1, 0.15) is 5.82 Å². The van der Waals surface area contributed by atoms with Crippen molar-refractivity contribution in [3.63, 3.8) is 0 Å². The van der Waals surface area contributed by atoms with E-state index in [1.54, 1.807) is 30.6 Å². The van der Waals surface area contributed by atoms with E-state index >= 15 is 0 Å². The third-order valence-corrected chi connectivity index (χ3v) is 2.53. The van der Waals surface area contributed by atoms with E-state index < -0.39 is 0 Å². The lowest BCUT2D eigenvalue weighted by Crippen LogP contribution is -1.92. The largest absolute Gasteiger partial charge is 0.405 e. The summed E-state index contributed by atoms with van der Waals surface area (Å²) in [4.78, 5) is 8.28. The lowest BCUT2D eigenvalue weighted by atomic mass is 10.2. The summed E-state index contributed by atoms with van der Waals surface area (Å²) in [6.45, 7) is 3.69. The van der Waals surface area contributed by atoms with Crippen molar-refractivity contribution in [2.45, 2.75) is 0 Å². The summed E-state index contributed by atoms with van der Waals surface area (Å²) in [7, 11) is 0. The van der Waals surface area contributed by atoms with Crippen molar-refractivity contribution in [2.75, 3.05) is 0 Å². The number of allylic oxidation sites excluding steroid dienone is 4. The summed E-state index contributed by atoms with van der Waals surface area (Å²) in [5.74, 6) is 0.651. The quantitative estimate of drug-likeness (QED) is 0.688. The minimum Gasteiger partial charge on any atom is -0.405 e. The van der Waals surface area contributed by atoms with Crippen LogP contribution in [0.2, 0.25) is 0 Å². The van der Waals surface area contributed by atoms with Crippen molar-refractivity contribution in [2.24, 2.45) is 5.73 Å². The maximum atomic E-state index is 5.35. The summed E-state index contributed by atoms with van der Waals surface area (Å²) in [5.41, 5.74) is 6.23. The summed E-state index contributed by atoms with van der Waals surface area (Å²) < 4.78 is 0.968. The Morgan fingerprint density at radius 2 is 2.07 bits per heavy atom. The summed E-state index contributed by atoms with van der Waals surface area (Å²) in [6.07, 6.45) is 8.36. The van der Waals surface area contributed by atoms with Gasteiger partial charge < -0.3 is 5.73 Å². The molecule has 4 heteroatoms. The number of rotatable bonds is 3. The molecule has 0 radical (unpaired) electrons. The van der Waals surface area contributed by atoms with Crippen LogP contribution in [0.25, 0.3) is 5.57 Å². The molecule has 2 N–H and O–H groups in total. The summed E-state index contributed by atoms with van der Waals surface area (Å²) in [6, 6.07) is 1.77. The Morgan fingerprint density at radius 1 is 1.43 bits per heavy atom. The lowest BCUT2D eigenvalue weighted by molar-refractivity contribution is 1.12. The molecule has 0 spiro atoms. The van der Waals surface area contributed by atoms with Gasteiger partial charge in [0, 0.05) is 21.5 Å². The van der Waals surface area contributed by atoms with Gasteiger partial charge in [-0.05, 0) is 40.9 Å². The van der Waals surface area contributed by atoms with Gasteiger partial charge in [-0.2, -0.15) is 0 Å². The summed E-state index contributed by atoms with van der Waals surface area (Å²) >= 11 is 2.17. The zero-order chi connectivity index (χ0) is 10.4. The number of nitrogens with zero attached hydrogens (tertiary/aromatic N) is 2. The Bertz CT molecular complexity index is 368. The average molecular weight is 299 g/mol. The van der Waals surface area contributed by atoms with E-state index in [9.17, 15) is 0 Å². The van der Waals surface area contributed by atoms with Gasteiger partial charge >= 0.3 is 0 Å². The van der Waals surface area contributed by atoms with Gasteiger partial charge in [0.05, 0.1) is 0 Å². The SMILES string of the molecule is C=C/C(I)=C(\C=C/N)c1ncccn1. The van der Waals surface area contributed by atoms with Gasteiger partial charge in [0.2, 0.25) is 0 Å². The van der Waals surface area contributed by atoms with Gasteiger partial charge in [-0.3, -0.25) is 0 Å². The Labute approximate surface area is 96.6 Å². The highest BCUT2D eigenvalue weighted by Crippen LogP contribution is 2.21. The standard InChI is InChI=1S/C10H10IN3/c1-2-9(11)8(4-5-12)10-13-6-3-7-14-10/h2-7H,1,12H2/b5-4-,9-8-. The molecule has 0 saturated carbocycles. The van der Waals surface area contributed by atoms with Crippen molar-refractivity contribution in [3.05, 3.63) is 52.8 Å². The van der Waals surface area contributed by atoms with E-state index in [2.05, 4.69) is 39.1 Å². The number of hydrogen-bond donors (Lipinski definition) is 1. The first-order valence-electron chi connectivity index (χ1n) is 3.97. The third kappa shape index (κ3) is 2.66. The van der Waals surface area contributed by atoms with E-state index in [-0.39, 0.29) is 0 Å². The maximum Gasteiger partial charge on any atom is 0.160 e. The van der Waals surface area contributed by atoms with Crippen LogP contribution in [-0.2, 0) is 0 Å². The van der Waals surface area contributed by atoms with Crippen LogP contribution in [0.3, 0.4) is 0 Å². The molecule has 0 fully saturated rings. The van der Waals surface area contributed by atoms with Crippen molar-refractivity contribution in [1.29, 1.82) is 0 Å². The van der Waals surface area contributed by atoms with E-state index in [1.807, 2.05) is 0 Å². The van der Waals surface area contributed by atoms with E-state index in [0.29, 0.717) is 5.82 Å². The molecule has 1 rings (SSSR count). The van der Waals surface area contributed by atoms with Gasteiger partial charge in [0.1, 0.15) is 0 Å². The molecule has 0 aromatic carbocycles. The molecule has 1 aromatic rings. The van der Waals surface area contributed by atoms with Crippen LogP contribution in [-0.4, -0.2) is 9.97 Å². The molecular weight excluding hydrogens is 289 g/mol. The second-order valence-corrected chi connectivity index (χ2v) is 3.56. The Kier molecular flexibility index (Phi) is 4.31. The number of nitrogens with two attached hydrogens (primary N) is 1. The van der Waals surface area contributed by atoms with Crippen molar-refractivity contribution in [1.82, 2.24) is 9.97 Å². The van der Waals surface area contributed by atoms with Gasteiger partial charge in [-0.15, -0.1) is 0 Å². The Balaban J connectivity index is 3.20. The molecule has 0 aliphatic carbocycles. The van der Waals surface area contributed by atoms with Gasteiger partial charge in [-0.25, -0.2) is 9.97 Å². The van der Waals surface area contributed by atoms with Crippen LogP contribution >= 0.6 is 22.6 Å². The van der Waals surface area contributed by atoms with Crippen molar-refractivity contribution < 1.29 is 0 Å². The predicted octanol–water partition coefficient (Wildman–Crippen LogP) is 2.28. The fourth-order valence-electron chi connectivity index (χ4n) is 0.905. The number of aromatic nitrogens is 2. The molecule has 0 bridgehead atoms. The highest BCUT2D eigenvalue weighted by Gasteiger charge is 2.03. The van der Waals surface area contributed by atoms with E-state index in [4.69, 9.17) is 5.73 Å². The Morgan fingerprint density at radius 3 is 2.57 bits per heavy atom. The van der Waals surface area contributed by atoms with Crippen LogP contribution in [0.4, 0.5) is 0 Å². The number of halogens is 1. The number of hydrogen-bond acceptors (Lipinski definition) is 3. The van der Waals surface area contributed by atoms with Crippen molar-refractivity contribution >= 4 is 28.2 Å². The molecule has 72 valence electrons. The third-order valence-electron chi connectivity index (χ3n) is 1.51. The van der Waals surface area contributed by atoms with Crippen LogP contribution in [0.5, 0.6) is 0 Å². The normalized spacial score (nSPS) is 12.6. The fourth-order valence-corrected chi connectivity index (χ4v) is 1.33. The van der Waals surface area contributed by atoms with Gasteiger partial charge in [-0.1, -0.05) is 12.7 Å². The van der Waals surface area contributed by atoms with Crippen LogP contribution in [0.15, 0.2) is 47.0 Å². The molecule has 1 aromatic heterocycles. The molecule has 0 atom stereocenters. The zero-order valence-electron chi connectivity index (χ0n) is 7.52. The highest BCUT2D eigenvalue weighted by molar-refractivity contribution is 14.1. The predicted molar refractivity (Wildman–Crippen MR) is 66.5 cm³/mol. The molecule has 14 heavy (non-hydrogen) atoms. The first kappa shape index (κ1) is 10.9. The summed E-state index contributed by atoms with van der Waals surface area (Å²) in [5, 5.41) is 0. The fraction of sp³-hybridized carbons (Fsp3) is 0. The molecule has 0 aliphatic rings. The highest BCUT2D eigenvalue weighted by atomic mass is 127. The molecular formula is C10H10IN3. The molecule has 1 heterocycles. The minimum atomic E-state index is 0.651. The van der Waals surface area contributed by atoms with Crippen LogP contribution < -0.4 is 5.73 Å². The second-order valence-electron chi connectivity index (χ2n) is 2.40. The first-order valence-corrected chi connectivity index (χ1v) is 5.05. The smallest absolute Gasteiger partial charge is 0.160 e. The van der Waals surface area contributed by atoms with Gasteiger partial charge in [0.25, 0.3) is 0 Å².